The summed E-state index contributed by atoms with van der Waals surface area (Å²) in [6.07, 6.45) is 0. The molecule has 0 bridgehead atoms. The fourth-order valence-electron chi connectivity index (χ4n) is 2.01. The van der Waals surface area contributed by atoms with Gasteiger partial charge in [-0.3, -0.25) is 0 Å². The maximum atomic E-state index is 6.17. The lowest BCUT2D eigenvalue weighted by atomic mass is 10.2. The van der Waals surface area contributed by atoms with E-state index in [-0.39, 0.29) is 5.28 Å². The van der Waals surface area contributed by atoms with Gasteiger partial charge in [-0.15, -0.1) is 0 Å². The first-order chi connectivity index (χ1) is 9.74. The molecule has 5 nitrogen and oxygen atoms in total. The summed E-state index contributed by atoms with van der Waals surface area (Å²) in [5.74, 6) is 1.04. The van der Waals surface area contributed by atoms with Gasteiger partial charge in [-0.05, 0) is 23.7 Å². The maximum absolute atomic E-state index is 6.17. The molecule has 1 aliphatic rings. The second kappa shape index (κ2) is 5.91. The standard InChI is InChI=1S/C13H12Cl2N4O/c14-10-4-2-1-3-9(10)11-16-12(15)18-13(17-11)19-5-7-20-8-6-19/h1-4H,5-8H2. The molecule has 2 heterocycles. The molecule has 104 valence electrons. The van der Waals surface area contributed by atoms with Crippen LogP contribution in [0.25, 0.3) is 11.4 Å². The number of halogens is 2. The molecule has 0 N–H and O–H groups in total. The molecule has 7 heteroatoms. The number of morpholine rings is 1. The molecule has 20 heavy (non-hydrogen) atoms. The van der Waals surface area contributed by atoms with Crippen LogP contribution in [0, 0.1) is 0 Å². The summed E-state index contributed by atoms with van der Waals surface area (Å²) in [4.78, 5) is 14.8. The summed E-state index contributed by atoms with van der Waals surface area (Å²) in [5, 5.41) is 0.749. The van der Waals surface area contributed by atoms with Gasteiger partial charge in [0.25, 0.3) is 0 Å². The average Bonchev–Trinajstić information content (AvgIpc) is 2.48. The minimum absolute atomic E-state index is 0.163. The molecular weight excluding hydrogens is 299 g/mol. The molecule has 0 saturated carbocycles. The van der Waals surface area contributed by atoms with E-state index in [0.29, 0.717) is 30.0 Å². The summed E-state index contributed by atoms with van der Waals surface area (Å²) >= 11 is 12.2. The molecular formula is C13H12Cl2N4O. The van der Waals surface area contributed by atoms with Gasteiger partial charge < -0.3 is 9.64 Å². The smallest absolute Gasteiger partial charge is 0.230 e. The molecule has 2 aromatic rings. The number of aromatic nitrogens is 3. The molecule has 0 atom stereocenters. The van der Waals surface area contributed by atoms with Crippen LogP contribution < -0.4 is 4.90 Å². The molecule has 3 rings (SSSR count). The van der Waals surface area contributed by atoms with Gasteiger partial charge in [-0.25, -0.2) is 0 Å². The van der Waals surface area contributed by atoms with E-state index >= 15 is 0 Å². The van der Waals surface area contributed by atoms with Gasteiger partial charge in [-0.1, -0.05) is 23.7 Å². The van der Waals surface area contributed by atoms with Crippen molar-refractivity contribution < 1.29 is 4.74 Å². The number of hydrogen-bond acceptors (Lipinski definition) is 5. The van der Waals surface area contributed by atoms with Crippen LogP contribution in [0.2, 0.25) is 10.3 Å². The third kappa shape index (κ3) is 2.85. The first-order valence-corrected chi connectivity index (χ1v) is 6.99. The fraction of sp³-hybridized carbons (Fsp3) is 0.308. The van der Waals surface area contributed by atoms with E-state index in [4.69, 9.17) is 27.9 Å². The molecule has 0 radical (unpaired) electrons. The van der Waals surface area contributed by atoms with E-state index in [9.17, 15) is 0 Å². The second-order valence-electron chi connectivity index (χ2n) is 4.31. The Morgan fingerprint density at radius 3 is 2.50 bits per heavy atom. The third-order valence-corrected chi connectivity index (χ3v) is 3.50. The van der Waals surface area contributed by atoms with Crippen molar-refractivity contribution in [2.24, 2.45) is 0 Å². The lowest BCUT2D eigenvalue weighted by Crippen LogP contribution is -2.37. The van der Waals surface area contributed by atoms with Crippen LogP contribution in [0.15, 0.2) is 24.3 Å². The van der Waals surface area contributed by atoms with Crippen molar-refractivity contribution in [1.82, 2.24) is 15.0 Å². The van der Waals surface area contributed by atoms with Crippen molar-refractivity contribution in [2.45, 2.75) is 0 Å². The number of anilines is 1. The third-order valence-electron chi connectivity index (χ3n) is 3.01. The normalized spacial score (nSPS) is 15.4. The number of ether oxygens (including phenoxy) is 1. The molecule has 0 amide bonds. The van der Waals surface area contributed by atoms with E-state index in [1.807, 2.05) is 23.1 Å². The largest absolute Gasteiger partial charge is 0.378 e. The molecule has 0 aliphatic carbocycles. The Kier molecular flexibility index (Phi) is 4.00. The van der Waals surface area contributed by atoms with Gasteiger partial charge in [0.15, 0.2) is 5.82 Å². The van der Waals surface area contributed by atoms with Crippen molar-refractivity contribution in [3.05, 3.63) is 34.6 Å². The van der Waals surface area contributed by atoms with Crippen molar-refractivity contribution in [1.29, 1.82) is 0 Å². The van der Waals surface area contributed by atoms with Gasteiger partial charge in [0.2, 0.25) is 11.2 Å². The van der Waals surface area contributed by atoms with E-state index < -0.39 is 0 Å². The minimum Gasteiger partial charge on any atom is -0.378 e. The Bertz CT molecular complexity index is 617. The highest BCUT2D eigenvalue weighted by Crippen LogP contribution is 2.26. The Hall–Kier alpha value is -1.43. The predicted molar refractivity (Wildman–Crippen MR) is 78.3 cm³/mol. The Morgan fingerprint density at radius 2 is 1.75 bits per heavy atom. The number of benzene rings is 1. The van der Waals surface area contributed by atoms with Gasteiger partial charge in [-0.2, -0.15) is 15.0 Å². The van der Waals surface area contributed by atoms with Crippen molar-refractivity contribution in [3.8, 4) is 11.4 Å². The van der Waals surface area contributed by atoms with Crippen molar-refractivity contribution >= 4 is 29.2 Å². The summed E-state index contributed by atoms with van der Waals surface area (Å²) in [7, 11) is 0. The van der Waals surface area contributed by atoms with E-state index in [2.05, 4.69) is 15.0 Å². The molecule has 1 fully saturated rings. The highest BCUT2D eigenvalue weighted by atomic mass is 35.5. The highest BCUT2D eigenvalue weighted by molar-refractivity contribution is 6.33. The van der Waals surface area contributed by atoms with Crippen LogP contribution in [0.3, 0.4) is 0 Å². The van der Waals surface area contributed by atoms with Crippen molar-refractivity contribution in [3.63, 3.8) is 0 Å². The van der Waals surface area contributed by atoms with Crippen LogP contribution in [-0.2, 0) is 4.74 Å². The van der Waals surface area contributed by atoms with Crippen LogP contribution in [0.5, 0.6) is 0 Å². The minimum atomic E-state index is 0.163. The van der Waals surface area contributed by atoms with Gasteiger partial charge in [0.1, 0.15) is 0 Å². The van der Waals surface area contributed by atoms with Gasteiger partial charge in [0.05, 0.1) is 18.2 Å². The van der Waals surface area contributed by atoms with E-state index in [0.717, 1.165) is 18.7 Å². The average molecular weight is 311 g/mol. The second-order valence-corrected chi connectivity index (χ2v) is 5.05. The molecule has 1 aromatic heterocycles. The Labute approximate surface area is 126 Å². The van der Waals surface area contributed by atoms with Gasteiger partial charge in [0, 0.05) is 18.7 Å². The van der Waals surface area contributed by atoms with Crippen LogP contribution in [0.4, 0.5) is 5.95 Å². The maximum Gasteiger partial charge on any atom is 0.230 e. The predicted octanol–water partition coefficient (Wildman–Crippen LogP) is 2.68. The lowest BCUT2D eigenvalue weighted by molar-refractivity contribution is 0.122. The van der Waals surface area contributed by atoms with Crippen LogP contribution in [-0.4, -0.2) is 41.3 Å². The zero-order chi connectivity index (χ0) is 13.9. The fourth-order valence-corrected chi connectivity index (χ4v) is 2.38. The summed E-state index contributed by atoms with van der Waals surface area (Å²) in [5.41, 5.74) is 0.743. The first kappa shape index (κ1) is 13.5. The molecule has 1 aromatic carbocycles. The van der Waals surface area contributed by atoms with E-state index in [1.54, 1.807) is 6.07 Å². The molecule has 1 aliphatic heterocycles. The molecule has 1 saturated heterocycles. The van der Waals surface area contributed by atoms with Gasteiger partial charge >= 0.3 is 0 Å². The molecule has 0 spiro atoms. The van der Waals surface area contributed by atoms with E-state index in [1.165, 1.54) is 0 Å². The zero-order valence-electron chi connectivity index (χ0n) is 10.6. The van der Waals surface area contributed by atoms with Crippen molar-refractivity contribution in [2.75, 3.05) is 31.2 Å². The summed E-state index contributed by atoms with van der Waals surface area (Å²) in [6.45, 7) is 2.79. The summed E-state index contributed by atoms with van der Waals surface area (Å²) in [6, 6.07) is 7.39. The highest BCUT2D eigenvalue weighted by Gasteiger charge is 2.17. The number of nitrogens with zero attached hydrogens (tertiary/aromatic N) is 4. The van der Waals surface area contributed by atoms with Crippen LogP contribution in [0.1, 0.15) is 0 Å². The first-order valence-electron chi connectivity index (χ1n) is 6.23. The lowest BCUT2D eigenvalue weighted by Gasteiger charge is -2.26. The Morgan fingerprint density at radius 1 is 1.00 bits per heavy atom. The molecule has 0 unspecified atom stereocenters. The topological polar surface area (TPSA) is 51.1 Å². The Balaban J connectivity index is 2.00. The zero-order valence-corrected chi connectivity index (χ0v) is 12.1. The van der Waals surface area contributed by atoms with Crippen LogP contribution >= 0.6 is 23.2 Å². The number of hydrogen-bond donors (Lipinski definition) is 0. The SMILES string of the molecule is Clc1nc(-c2ccccc2Cl)nc(N2CCOCC2)n1. The number of rotatable bonds is 2. The monoisotopic (exact) mass is 310 g/mol. The quantitative estimate of drug-likeness (QED) is 0.853. The summed E-state index contributed by atoms with van der Waals surface area (Å²) < 4.78 is 5.32.